The van der Waals surface area contributed by atoms with Crippen LogP contribution in [0.3, 0.4) is 0 Å². The quantitative estimate of drug-likeness (QED) is 0.194. The van der Waals surface area contributed by atoms with Gasteiger partial charge in [0.1, 0.15) is 6.09 Å². The number of hydrogen-bond donors (Lipinski definition) is 3. The molecule has 2 aliphatic heterocycles. The van der Waals surface area contributed by atoms with E-state index in [2.05, 4.69) is 10.6 Å². The lowest BCUT2D eigenvalue weighted by molar-refractivity contribution is -0.273. The van der Waals surface area contributed by atoms with Crippen LogP contribution in [-0.4, -0.2) is 105 Å². The molecular formula is C36H53N4O9S-. The number of unbranched alkanes of at least 4 members (excludes halogenated alkanes) is 1. The smallest absolute Gasteiger partial charge is 0.407 e. The number of alkyl carbamates (subject to hydrolysis) is 1. The Balaban J connectivity index is 1.61. The van der Waals surface area contributed by atoms with Gasteiger partial charge in [0, 0.05) is 38.3 Å². The zero-order chi connectivity index (χ0) is 36.5. The highest BCUT2D eigenvalue weighted by atomic mass is 32.2. The van der Waals surface area contributed by atoms with Gasteiger partial charge in [0.05, 0.1) is 42.4 Å². The SMILES string of the molecule is CNc1cccc(S(=O)(=O)N(C[C@@H](O)[C@H](Cc2ccccc2)N(C(=O)[O-])[C@H]2CO[C@H]3OCC[C@H]32)CC(C)(C)CCCCNC(=O)OC(C)C)c1. The lowest BCUT2D eigenvalue weighted by Crippen LogP contribution is -2.61. The second kappa shape index (κ2) is 17.7. The van der Waals surface area contributed by atoms with Crippen LogP contribution in [0.25, 0.3) is 0 Å². The number of fused-ring (bicyclic) bond motifs is 1. The molecule has 278 valence electrons. The second-order valence-corrected chi connectivity index (χ2v) is 16.1. The van der Waals surface area contributed by atoms with Gasteiger partial charge in [0.25, 0.3) is 0 Å². The molecular weight excluding hydrogens is 664 g/mol. The number of aliphatic hydroxyl groups is 1. The number of aliphatic hydroxyl groups excluding tert-OH is 1. The molecule has 2 saturated heterocycles. The van der Waals surface area contributed by atoms with Crippen molar-refractivity contribution in [1.29, 1.82) is 0 Å². The predicted octanol–water partition coefficient (Wildman–Crippen LogP) is 3.43. The van der Waals surface area contributed by atoms with Crippen molar-refractivity contribution >= 4 is 27.9 Å². The van der Waals surface area contributed by atoms with Crippen molar-refractivity contribution in [2.24, 2.45) is 11.3 Å². The third-order valence-corrected chi connectivity index (χ3v) is 11.1. The molecule has 2 aliphatic rings. The number of carboxylic acid groups (broad SMARTS) is 1. The van der Waals surface area contributed by atoms with Gasteiger partial charge < -0.3 is 44.8 Å². The third kappa shape index (κ3) is 10.5. The zero-order valence-electron chi connectivity index (χ0n) is 29.7. The molecule has 2 aromatic carbocycles. The number of sulfonamides is 1. The largest absolute Gasteiger partial charge is 0.530 e. The van der Waals surface area contributed by atoms with E-state index in [1.165, 1.54) is 16.4 Å². The van der Waals surface area contributed by atoms with E-state index in [1.807, 2.05) is 44.2 Å². The second-order valence-electron chi connectivity index (χ2n) is 14.2. The van der Waals surface area contributed by atoms with Crippen molar-refractivity contribution < 1.29 is 42.4 Å². The number of nitrogens with one attached hydrogen (secondary N) is 2. The summed E-state index contributed by atoms with van der Waals surface area (Å²) >= 11 is 0. The van der Waals surface area contributed by atoms with E-state index in [-0.39, 0.29) is 43.0 Å². The maximum atomic E-state index is 14.4. The van der Waals surface area contributed by atoms with Gasteiger partial charge in [-0.25, -0.2) is 13.2 Å². The first kappa shape index (κ1) is 39.4. The number of anilines is 1. The zero-order valence-corrected chi connectivity index (χ0v) is 30.6. The third-order valence-electron chi connectivity index (χ3n) is 9.31. The first-order chi connectivity index (χ1) is 23.7. The molecule has 2 heterocycles. The van der Waals surface area contributed by atoms with E-state index in [1.54, 1.807) is 33.0 Å². The van der Waals surface area contributed by atoms with Crippen molar-refractivity contribution in [1.82, 2.24) is 14.5 Å². The number of nitrogens with zero attached hydrogens (tertiary/aromatic N) is 2. The number of ether oxygens (including phenoxy) is 3. The number of benzene rings is 2. The summed E-state index contributed by atoms with van der Waals surface area (Å²) < 4.78 is 46.6. The van der Waals surface area contributed by atoms with Crippen molar-refractivity contribution in [3.63, 3.8) is 0 Å². The summed E-state index contributed by atoms with van der Waals surface area (Å²) in [5, 5.41) is 30.7. The molecule has 3 N–H and O–H groups in total. The summed E-state index contributed by atoms with van der Waals surface area (Å²) in [4.78, 5) is 26.0. The summed E-state index contributed by atoms with van der Waals surface area (Å²) in [6.07, 6.45) is -1.44. The summed E-state index contributed by atoms with van der Waals surface area (Å²) in [5.74, 6) is -0.233. The van der Waals surface area contributed by atoms with Gasteiger partial charge in [-0.15, -0.1) is 0 Å². The highest BCUT2D eigenvalue weighted by Gasteiger charge is 2.47. The minimum Gasteiger partial charge on any atom is -0.530 e. The fourth-order valence-electron chi connectivity index (χ4n) is 6.79. The van der Waals surface area contributed by atoms with E-state index in [9.17, 15) is 28.2 Å². The van der Waals surface area contributed by atoms with E-state index in [0.717, 1.165) is 10.5 Å². The van der Waals surface area contributed by atoms with Gasteiger partial charge in [-0.3, -0.25) is 0 Å². The van der Waals surface area contributed by atoms with E-state index >= 15 is 0 Å². The molecule has 2 amide bonds. The summed E-state index contributed by atoms with van der Waals surface area (Å²) in [5.41, 5.74) is 0.833. The van der Waals surface area contributed by atoms with Gasteiger partial charge >= 0.3 is 6.09 Å². The monoisotopic (exact) mass is 717 g/mol. The fraction of sp³-hybridized carbons (Fsp3) is 0.611. The Labute approximate surface area is 296 Å². The summed E-state index contributed by atoms with van der Waals surface area (Å²) in [6, 6.07) is 14.0. The van der Waals surface area contributed by atoms with E-state index in [4.69, 9.17) is 14.2 Å². The molecule has 13 nitrogen and oxygen atoms in total. The van der Waals surface area contributed by atoms with Gasteiger partial charge in [-0.1, -0.05) is 56.7 Å². The molecule has 0 bridgehead atoms. The normalized spacial score (nSPS) is 20.4. The van der Waals surface area contributed by atoms with Crippen LogP contribution in [0.4, 0.5) is 15.3 Å². The summed E-state index contributed by atoms with van der Waals surface area (Å²) in [7, 11) is -2.47. The highest BCUT2D eigenvalue weighted by molar-refractivity contribution is 7.89. The van der Waals surface area contributed by atoms with Crippen molar-refractivity contribution in [3.8, 4) is 0 Å². The minimum absolute atomic E-state index is 0.0479. The maximum Gasteiger partial charge on any atom is 0.407 e. The van der Waals surface area contributed by atoms with Crippen LogP contribution in [0.15, 0.2) is 59.5 Å². The molecule has 0 radical (unpaired) electrons. The number of carbonyl (C=O) groups excluding carboxylic acids is 2. The molecule has 50 heavy (non-hydrogen) atoms. The Hall–Kier alpha value is -3.43. The molecule has 2 aromatic rings. The van der Waals surface area contributed by atoms with Crippen molar-refractivity contribution in [2.75, 3.05) is 45.2 Å². The number of amides is 2. The fourth-order valence-corrected chi connectivity index (χ4v) is 8.48. The van der Waals surface area contributed by atoms with E-state index < -0.39 is 52.1 Å². The molecule has 0 spiro atoms. The van der Waals surface area contributed by atoms with Crippen LogP contribution in [0.2, 0.25) is 0 Å². The van der Waals surface area contributed by atoms with Crippen LogP contribution in [0.1, 0.15) is 58.9 Å². The topological polar surface area (TPSA) is 170 Å². The average molecular weight is 718 g/mol. The number of carbonyl (C=O) groups is 2. The van der Waals surface area contributed by atoms with Crippen LogP contribution >= 0.6 is 0 Å². The molecule has 0 aromatic heterocycles. The van der Waals surface area contributed by atoms with E-state index in [0.29, 0.717) is 44.5 Å². The molecule has 0 aliphatic carbocycles. The lowest BCUT2D eigenvalue weighted by atomic mass is 9.87. The van der Waals surface area contributed by atoms with Crippen LogP contribution in [0.5, 0.6) is 0 Å². The molecule has 5 atom stereocenters. The van der Waals surface area contributed by atoms with Gasteiger partial charge in [-0.2, -0.15) is 4.31 Å². The average Bonchev–Trinajstić information content (AvgIpc) is 3.69. The van der Waals surface area contributed by atoms with Crippen molar-refractivity contribution in [3.05, 3.63) is 60.2 Å². The molecule has 4 rings (SSSR count). The van der Waals surface area contributed by atoms with Gasteiger partial charge in [0.2, 0.25) is 10.0 Å². The Bertz CT molecular complexity index is 1510. The van der Waals surface area contributed by atoms with Crippen molar-refractivity contribution in [2.45, 2.75) is 95.3 Å². The number of hydrogen-bond acceptors (Lipinski definition) is 10. The first-order valence-corrected chi connectivity index (χ1v) is 18.8. The number of rotatable bonds is 18. The lowest BCUT2D eigenvalue weighted by Gasteiger charge is -2.43. The molecule has 2 fully saturated rings. The van der Waals surface area contributed by atoms with Gasteiger partial charge in [-0.05, 0) is 68.7 Å². The van der Waals surface area contributed by atoms with Crippen LogP contribution in [0, 0.1) is 11.3 Å². The summed E-state index contributed by atoms with van der Waals surface area (Å²) in [6.45, 7) is 8.07. The van der Waals surface area contributed by atoms with Gasteiger partial charge in [0.15, 0.2) is 6.29 Å². The Morgan fingerprint density at radius 3 is 2.52 bits per heavy atom. The first-order valence-electron chi connectivity index (χ1n) is 17.4. The Morgan fingerprint density at radius 1 is 1.10 bits per heavy atom. The standard InChI is InChI=1S/C36H54N4O9S/c1-25(2)49-34(42)38-18-10-9-17-36(3,4)24-39(50(45,46)28-15-11-14-27(21-28)37-5)22-32(41)30(20-26-12-7-6-8-13-26)40(35(43)44)31-23-48-33-29(31)16-19-47-33/h6-8,11-15,21,25,29-33,37,41H,9-10,16-20,22-24H2,1-5H3,(H,38,42)(H,43,44)/p-1/t29-,30-,31-,32+,33+/m0/s1. The molecule has 0 unspecified atom stereocenters. The van der Waals surface area contributed by atoms with Crippen LogP contribution < -0.4 is 15.7 Å². The Kier molecular flexibility index (Phi) is 13.9. The minimum atomic E-state index is -4.17. The highest BCUT2D eigenvalue weighted by Crippen LogP contribution is 2.36. The van der Waals surface area contributed by atoms with Crippen LogP contribution in [-0.2, 0) is 30.7 Å². The maximum absolute atomic E-state index is 14.4. The Morgan fingerprint density at radius 2 is 1.84 bits per heavy atom. The predicted molar refractivity (Wildman–Crippen MR) is 187 cm³/mol. The molecule has 14 heteroatoms. The molecule has 0 saturated carbocycles.